The summed E-state index contributed by atoms with van der Waals surface area (Å²) in [5.41, 5.74) is 0.954. The van der Waals surface area contributed by atoms with Gasteiger partial charge in [-0.1, -0.05) is 22.9 Å². The Labute approximate surface area is 103 Å². The van der Waals surface area contributed by atoms with Gasteiger partial charge in [0.25, 0.3) is 0 Å². The number of hydrogen-bond donors (Lipinski definition) is 0. The first-order chi connectivity index (χ1) is 7.83. The second-order valence-corrected chi connectivity index (χ2v) is 5.42. The van der Waals surface area contributed by atoms with Crippen molar-refractivity contribution >= 4 is 38.3 Å². The molecule has 0 aliphatic carbocycles. The van der Waals surface area contributed by atoms with Crippen LogP contribution in [-0.2, 0) is 0 Å². The Bertz CT molecular complexity index is 505. The Morgan fingerprint density at radius 3 is 2.88 bits per heavy atom. The van der Waals surface area contributed by atoms with Gasteiger partial charge in [-0.25, -0.2) is 9.97 Å². The maximum absolute atomic E-state index is 5.87. The predicted octanol–water partition coefficient (Wildman–Crippen LogP) is 3.34. The van der Waals surface area contributed by atoms with E-state index in [0.29, 0.717) is 5.15 Å². The van der Waals surface area contributed by atoms with Gasteiger partial charge >= 0.3 is 0 Å². The molecule has 1 saturated heterocycles. The molecule has 0 spiro atoms. The Morgan fingerprint density at radius 2 is 2.06 bits per heavy atom. The van der Waals surface area contributed by atoms with E-state index in [9.17, 15) is 0 Å². The van der Waals surface area contributed by atoms with Gasteiger partial charge in [-0.05, 0) is 25.3 Å². The third kappa shape index (κ3) is 1.87. The minimum Gasteiger partial charge on any atom is -0.348 e. The number of fused-ring (bicyclic) bond motifs is 1. The second-order valence-electron chi connectivity index (χ2n) is 4.02. The second kappa shape index (κ2) is 4.18. The van der Waals surface area contributed by atoms with Crippen LogP contribution in [0.5, 0.6) is 0 Å². The molecule has 1 aliphatic heterocycles. The molecule has 0 bridgehead atoms. The molecule has 3 nitrogen and oxygen atoms in total. The predicted molar refractivity (Wildman–Crippen MR) is 68.5 cm³/mol. The van der Waals surface area contributed by atoms with E-state index < -0.39 is 0 Å². The first-order valence-electron chi connectivity index (χ1n) is 5.50. The standard InChI is InChI=1S/C11H12ClN3S/c12-10-6-9-8(7-13-10)14-11(16-9)15-4-2-1-3-5-15/h6-7H,1-5H2. The number of hydrogen-bond acceptors (Lipinski definition) is 4. The van der Waals surface area contributed by atoms with E-state index in [1.54, 1.807) is 17.5 Å². The molecule has 0 atom stereocenters. The van der Waals surface area contributed by atoms with E-state index in [1.165, 1.54) is 19.3 Å². The van der Waals surface area contributed by atoms with Gasteiger partial charge in [-0.3, -0.25) is 0 Å². The summed E-state index contributed by atoms with van der Waals surface area (Å²) in [4.78, 5) is 11.0. The normalized spacial score (nSPS) is 16.9. The monoisotopic (exact) mass is 253 g/mol. The van der Waals surface area contributed by atoms with Crippen molar-refractivity contribution in [3.63, 3.8) is 0 Å². The van der Waals surface area contributed by atoms with Crippen LogP contribution in [0.2, 0.25) is 5.15 Å². The molecule has 0 unspecified atom stereocenters. The molecular formula is C11H12ClN3S. The summed E-state index contributed by atoms with van der Waals surface area (Å²) in [6.07, 6.45) is 5.64. The lowest BCUT2D eigenvalue weighted by molar-refractivity contribution is 0.577. The first-order valence-corrected chi connectivity index (χ1v) is 6.69. The smallest absolute Gasteiger partial charge is 0.186 e. The van der Waals surface area contributed by atoms with Gasteiger partial charge in [0.2, 0.25) is 0 Å². The van der Waals surface area contributed by atoms with Crippen molar-refractivity contribution in [3.05, 3.63) is 17.4 Å². The number of pyridine rings is 1. The molecule has 3 rings (SSSR count). The summed E-state index contributed by atoms with van der Waals surface area (Å²) in [7, 11) is 0. The number of nitrogens with zero attached hydrogens (tertiary/aromatic N) is 3. The molecule has 1 aliphatic rings. The summed E-state index contributed by atoms with van der Waals surface area (Å²) >= 11 is 7.58. The average Bonchev–Trinajstić information content (AvgIpc) is 2.73. The summed E-state index contributed by atoms with van der Waals surface area (Å²) in [6.45, 7) is 2.25. The number of aromatic nitrogens is 2. The van der Waals surface area contributed by atoms with Crippen LogP contribution < -0.4 is 4.90 Å². The van der Waals surface area contributed by atoms with Crippen LogP contribution in [0.4, 0.5) is 5.13 Å². The van der Waals surface area contributed by atoms with Crippen molar-refractivity contribution in [2.24, 2.45) is 0 Å². The molecule has 16 heavy (non-hydrogen) atoms. The lowest BCUT2D eigenvalue weighted by Crippen LogP contribution is -2.29. The Morgan fingerprint density at radius 1 is 1.25 bits per heavy atom. The number of anilines is 1. The van der Waals surface area contributed by atoms with Crippen LogP contribution in [-0.4, -0.2) is 23.1 Å². The quantitative estimate of drug-likeness (QED) is 0.730. The largest absolute Gasteiger partial charge is 0.348 e. The molecule has 0 radical (unpaired) electrons. The summed E-state index contributed by atoms with van der Waals surface area (Å²) in [5, 5.41) is 1.65. The van der Waals surface area contributed by atoms with E-state index in [-0.39, 0.29) is 0 Å². The molecule has 2 aromatic rings. The number of thiazole rings is 1. The zero-order valence-electron chi connectivity index (χ0n) is 8.82. The van der Waals surface area contributed by atoms with Crippen molar-refractivity contribution in [1.82, 2.24) is 9.97 Å². The van der Waals surface area contributed by atoms with Gasteiger partial charge < -0.3 is 4.90 Å². The molecule has 0 amide bonds. The van der Waals surface area contributed by atoms with Crippen LogP contribution in [0.1, 0.15) is 19.3 Å². The maximum atomic E-state index is 5.87. The van der Waals surface area contributed by atoms with Crippen molar-refractivity contribution < 1.29 is 0 Å². The van der Waals surface area contributed by atoms with E-state index in [4.69, 9.17) is 11.6 Å². The van der Waals surface area contributed by atoms with E-state index in [0.717, 1.165) is 28.4 Å². The third-order valence-corrected chi connectivity index (χ3v) is 4.14. The SMILES string of the molecule is Clc1cc2sc(N3CCCCC3)nc2cn1. The molecule has 0 aromatic carbocycles. The highest BCUT2D eigenvalue weighted by Gasteiger charge is 2.15. The highest BCUT2D eigenvalue weighted by molar-refractivity contribution is 7.22. The summed E-state index contributed by atoms with van der Waals surface area (Å²) in [6, 6.07) is 1.89. The minimum absolute atomic E-state index is 0.543. The topological polar surface area (TPSA) is 29.0 Å². The minimum atomic E-state index is 0.543. The van der Waals surface area contributed by atoms with E-state index in [1.807, 2.05) is 6.07 Å². The molecule has 0 saturated carbocycles. The molecule has 5 heteroatoms. The maximum Gasteiger partial charge on any atom is 0.186 e. The van der Waals surface area contributed by atoms with E-state index >= 15 is 0 Å². The van der Waals surface area contributed by atoms with Crippen LogP contribution in [0, 0.1) is 0 Å². The van der Waals surface area contributed by atoms with Gasteiger partial charge in [0.1, 0.15) is 10.7 Å². The molecule has 84 valence electrons. The zero-order chi connectivity index (χ0) is 11.0. The fourth-order valence-corrected chi connectivity index (χ4v) is 3.26. The van der Waals surface area contributed by atoms with Crippen molar-refractivity contribution in [1.29, 1.82) is 0 Å². The van der Waals surface area contributed by atoms with Gasteiger partial charge in [-0.15, -0.1) is 0 Å². The van der Waals surface area contributed by atoms with Gasteiger partial charge in [0.15, 0.2) is 5.13 Å². The highest BCUT2D eigenvalue weighted by Crippen LogP contribution is 2.31. The van der Waals surface area contributed by atoms with Crippen molar-refractivity contribution in [2.45, 2.75) is 19.3 Å². The Kier molecular flexibility index (Phi) is 2.69. The fraction of sp³-hybridized carbons (Fsp3) is 0.455. The van der Waals surface area contributed by atoms with Gasteiger partial charge in [0.05, 0.1) is 10.9 Å². The molecule has 3 heterocycles. The lowest BCUT2D eigenvalue weighted by atomic mass is 10.1. The summed E-state index contributed by atoms with van der Waals surface area (Å²) < 4.78 is 1.13. The van der Waals surface area contributed by atoms with Crippen LogP contribution in [0.25, 0.3) is 10.2 Å². The average molecular weight is 254 g/mol. The van der Waals surface area contributed by atoms with Crippen molar-refractivity contribution in [3.8, 4) is 0 Å². The molecular weight excluding hydrogens is 242 g/mol. The number of piperidine rings is 1. The van der Waals surface area contributed by atoms with Gasteiger partial charge in [-0.2, -0.15) is 0 Å². The number of halogens is 1. The highest BCUT2D eigenvalue weighted by atomic mass is 35.5. The lowest BCUT2D eigenvalue weighted by Gasteiger charge is -2.25. The zero-order valence-corrected chi connectivity index (χ0v) is 10.4. The number of rotatable bonds is 1. The Balaban J connectivity index is 1.97. The molecule has 0 N–H and O–H groups in total. The first kappa shape index (κ1) is 10.3. The van der Waals surface area contributed by atoms with Crippen LogP contribution in [0.15, 0.2) is 12.3 Å². The van der Waals surface area contributed by atoms with Crippen molar-refractivity contribution in [2.75, 3.05) is 18.0 Å². The van der Waals surface area contributed by atoms with Crippen LogP contribution >= 0.6 is 22.9 Å². The van der Waals surface area contributed by atoms with Gasteiger partial charge in [0, 0.05) is 13.1 Å². The summed E-state index contributed by atoms with van der Waals surface area (Å²) in [5.74, 6) is 0. The fourth-order valence-electron chi connectivity index (χ4n) is 2.02. The molecule has 2 aromatic heterocycles. The third-order valence-electron chi connectivity index (χ3n) is 2.86. The van der Waals surface area contributed by atoms with E-state index in [2.05, 4.69) is 14.9 Å². The molecule has 1 fully saturated rings. The van der Waals surface area contributed by atoms with Crippen LogP contribution in [0.3, 0.4) is 0 Å². The Hall–Kier alpha value is -0.870.